The smallest absolute Gasteiger partial charge is 0.273 e. The van der Waals surface area contributed by atoms with E-state index >= 15 is 0 Å². The third-order valence-corrected chi connectivity index (χ3v) is 5.60. The monoisotopic (exact) mass is 407 g/mol. The van der Waals surface area contributed by atoms with E-state index in [1.54, 1.807) is 12.1 Å². The van der Waals surface area contributed by atoms with Crippen LogP contribution in [-0.4, -0.2) is 51.7 Å². The van der Waals surface area contributed by atoms with Crippen molar-refractivity contribution in [3.05, 3.63) is 53.5 Å². The Hall–Kier alpha value is -3.29. The summed E-state index contributed by atoms with van der Waals surface area (Å²) in [5.41, 5.74) is 1.43. The van der Waals surface area contributed by atoms with E-state index in [1.165, 1.54) is 12.4 Å². The highest BCUT2D eigenvalue weighted by Crippen LogP contribution is 2.31. The van der Waals surface area contributed by atoms with Gasteiger partial charge in [-0.05, 0) is 44.2 Å². The zero-order chi connectivity index (χ0) is 21.1. The molecule has 8 heteroatoms. The first-order chi connectivity index (χ1) is 14.5. The Morgan fingerprint density at radius 3 is 2.37 bits per heavy atom. The molecule has 8 nitrogen and oxygen atoms in total. The van der Waals surface area contributed by atoms with Crippen LogP contribution in [0, 0.1) is 12.8 Å². The number of piperidine rings is 1. The van der Waals surface area contributed by atoms with Crippen molar-refractivity contribution in [2.75, 3.05) is 18.4 Å². The molecule has 0 spiro atoms. The zero-order valence-corrected chi connectivity index (χ0v) is 16.9. The SMILES string of the molecule is Cc1ccccc1C(=O)Nc1nccnc1C(=O)NC1CCN(C(=O)C2CC2)CC1. The first kappa shape index (κ1) is 20.0. The number of benzene rings is 1. The van der Waals surface area contributed by atoms with Gasteiger partial charge < -0.3 is 15.5 Å². The molecule has 2 aromatic rings. The zero-order valence-electron chi connectivity index (χ0n) is 16.9. The largest absolute Gasteiger partial charge is 0.348 e. The number of hydrogen-bond donors (Lipinski definition) is 2. The van der Waals surface area contributed by atoms with Gasteiger partial charge in [-0.25, -0.2) is 9.97 Å². The second kappa shape index (κ2) is 8.61. The number of rotatable bonds is 5. The second-order valence-corrected chi connectivity index (χ2v) is 7.87. The number of likely N-dealkylation sites (tertiary alicyclic amines) is 1. The molecule has 2 aliphatic rings. The standard InChI is InChI=1S/C22H25N5O3/c1-14-4-2-3-5-17(14)20(28)26-19-18(23-10-11-24-19)21(29)25-16-8-12-27(13-9-16)22(30)15-6-7-15/h2-5,10-11,15-16H,6-9,12-13H2,1H3,(H,25,29)(H,24,26,28). The summed E-state index contributed by atoms with van der Waals surface area (Å²) in [6.07, 6.45) is 6.27. The molecule has 4 rings (SSSR count). The Morgan fingerprint density at radius 2 is 1.67 bits per heavy atom. The molecule has 1 saturated carbocycles. The van der Waals surface area contributed by atoms with Gasteiger partial charge in [0.15, 0.2) is 11.5 Å². The van der Waals surface area contributed by atoms with Crippen LogP contribution in [0.3, 0.4) is 0 Å². The fourth-order valence-corrected chi connectivity index (χ4v) is 3.68. The normalized spacial score (nSPS) is 16.8. The van der Waals surface area contributed by atoms with Crippen LogP contribution in [0.1, 0.15) is 52.1 Å². The van der Waals surface area contributed by atoms with Gasteiger partial charge in [0.1, 0.15) is 0 Å². The Balaban J connectivity index is 1.38. The number of nitrogens with zero attached hydrogens (tertiary/aromatic N) is 3. The van der Waals surface area contributed by atoms with Crippen molar-refractivity contribution >= 4 is 23.5 Å². The van der Waals surface area contributed by atoms with Crippen LogP contribution in [0.25, 0.3) is 0 Å². The van der Waals surface area contributed by atoms with Gasteiger partial charge in [-0.1, -0.05) is 18.2 Å². The van der Waals surface area contributed by atoms with Crippen molar-refractivity contribution in [2.24, 2.45) is 5.92 Å². The number of carbonyl (C=O) groups is 3. The van der Waals surface area contributed by atoms with Crippen molar-refractivity contribution < 1.29 is 14.4 Å². The highest BCUT2D eigenvalue weighted by molar-refractivity contribution is 6.08. The number of aromatic nitrogens is 2. The van der Waals surface area contributed by atoms with Gasteiger partial charge in [0.2, 0.25) is 5.91 Å². The van der Waals surface area contributed by atoms with Gasteiger partial charge in [0, 0.05) is 43.0 Å². The van der Waals surface area contributed by atoms with E-state index in [4.69, 9.17) is 0 Å². The molecule has 2 fully saturated rings. The molecular formula is C22H25N5O3. The highest BCUT2D eigenvalue weighted by atomic mass is 16.2. The lowest BCUT2D eigenvalue weighted by Gasteiger charge is -2.32. The van der Waals surface area contributed by atoms with Crippen LogP contribution in [0.2, 0.25) is 0 Å². The second-order valence-electron chi connectivity index (χ2n) is 7.87. The van der Waals surface area contributed by atoms with Crippen molar-refractivity contribution in [1.29, 1.82) is 0 Å². The van der Waals surface area contributed by atoms with Gasteiger partial charge in [-0.3, -0.25) is 14.4 Å². The average molecular weight is 407 g/mol. The summed E-state index contributed by atoms with van der Waals surface area (Å²) in [5, 5.41) is 5.67. The predicted molar refractivity (Wildman–Crippen MR) is 111 cm³/mol. The van der Waals surface area contributed by atoms with Crippen LogP contribution < -0.4 is 10.6 Å². The highest BCUT2D eigenvalue weighted by Gasteiger charge is 2.35. The maximum atomic E-state index is 12.8. The Morgan fingerprint density at radius 1 is 0.967 bits per heavy atom. The third-order valence-electron chi connectivity index (χ3n) is 5.60. The first-order valence-corrected chi connectivity index (χ1v) is 10.3. The van der Waals surface area contributed by atoms with Gasteiger partial charge in [0.05, 0.1) is 0 Å². The number of carbonyl (C=O) groups excluding carboxylic acids is 3. The molecule has 3 amide bonds. The summed E-state index contributed by atoms with van der Waals surface area (Å²) in [6.45, 7) is 3.15. The van der Waals surface area contributed by atoms with Gasteiger partial charge in [-0.15, -0.1) is 0 Å². The van der Waals surface area contributed by atoms with Gasteiger partial charge >= 0.3 is 0 Å². The molecular weight excluding hydrogens is 382 g/mol. The molecule has 1 aromatic heterocycles. The molecule has 1 saturated heterocycles. The van der Waals surface area contributed by atoms with E-state index in [2.05, 4.69) is 20.6 Å². The summed E-state index contributed by atoms with van der Waals surface area (Å²) in [7, 11) is 0. The van der Waals surface area contributed by atoms with Crippen LogP contribution in [0.4, 0.5) is 5.82 Å². The topological polar surface area (TPSA) is 104 Å². The molecule has 156 valence electrons. The molecule has 1 aromatic carbocycles. The summed E-state index contributed by atoms with van der Waals surface area (Å²) < 4.78 is 0. The Bertz CT molecular complexity index is 965. The van der Waals surface area contributed by atoms with Crippen molar-refractivity contribution in [1.82, 2.24) is 20.2 Å². The predicted octanol–water partition coefficient (Wildman–Crippen LogP) is 2.17. The third kappa shape index (κ3) is 4.48. The summed E-state index contributed by atoms with van der Waals surface area (Å²) in [4.78, 5) is 47.8. The molecule has 1 aliphatic carbocycles. The number of hydrogen-bond acceptors (Lipinski definition) is 5. The fourth-order valence-electron chi connectivity index (χ4n) is 3.68. The quantitative estimate of drug-likeness (QED) is 0.790. The van der Waals surface area contributed by atoms with E-state index in [9.17, 15) is 14.4 Å². The lowest BCUT2D eigenvalue weighted by molar-refractivity contribution is -0.133. The number of nitrogens with one attached hydrogen (secondary N) is 2. The maximum absolute atomic E-state index is 12.8. The van der Waals surface area contributed by atoms with Crippen LogP contribution in [-0.2, 0) is 4.79 Å². The summed E-state index contributed by atoms with van der Waals surface area (Å²) in [6, 6.07) is 7.17. The van der Waals surface area contributed by atoms with E-state index in [0.29, 0.717) is 31.5 Å². The summed E-state index contributed by atoms with van der Waals surface area (Å²) >= 11 is 0. The Kier molecular flexibility index (Phi) is 5.74. The Labute approximate surface area is 175 Å². The molecule has 1 aliphatic heterocycles. The minimum atomic E-state index is -0.379. The van der Waals surface area contributed by atoms with E-state index in [-0.39, 0.29) is 41.2 Å². The molecule has 2 N–H and O–H groups in total. The van der Waals surface area contributed by atoms with Crippen molar-refractivity contribution in [2.45, 2.75) is 38.6 Å². The first-order valence-electron chi connectivity index (χ1n) is 10.3. The molecule has 0 atom stereocenters. The van der Waals surface area contributed by atoms with Gasteiger partial charge in [-0.2, -0.15) is 0 Å². The van der Waals surface area contributed by atoms with Gasteiger partial charge in [0.25, 0.3) is 11.8 Å². The lowest BCUT2D eigenvalue weighted by atomic mass is 10.0. The number of aryl methyl sites for hydroxylation is 1. The molecule has 2 heterocycles. The minimum absolute atomic E-state index is 0.0392. The van der Waals surface area contributed by atoms with Crippen LogP contribution in [0.15, 0.2) is 36.7 Å². The average Bonchev–Trinajstić information content (AvgIpc) is 3.60. The van der Waals surface area contributed by atoms with E-state index in [0.717, 1.165) is 18.4 Å². The van der Waals surface area contributed by atoms with E-state index < -0.39 is 0 Å². The van der Waals surface area contributed by atoms with Crippen LogP contribution in [0.5, 0.6) is 0 Å². The summed E-state index contributed by atoms with van der Waals surface area (Å²) in [5.74, 6) is -0.126. The maximum Gasteiger partial charge on any atom is 0.273 e. The number of anilines is 1. The van der Waals surface area contributed by atoms with E-state index in [1.807, 2.05) is 24.0 Å². The molecule has 0 radical (unpaired) electrons. The molecule has 0 unspecified atom stereocenters. The van der Waals surface area contributed by atoms with Crippen LogP contribution >= 0.6 is 0 Å². The lowest BCUT2D eigenvalue weighted by Crippen LogP contribution is -2.47. The van der Waals surface area contributed by atoms with Crippen molar-refractivity contribution in [3.63, 3.8) is 0 Å². The van der Waals surface area contributed by atoms with Crippen molar-refractivity contribution in [3.8, 4) is 0 Å². The number of amides is 3. The fraction of sp³-hybridized carbons (Fsp3) is 0.409. The molecule has 0 bridgehead atoms. The molecule has 30 heavy (non-hydrogen) atoms. The minimum Gasteiger partial charge on any atom is -0.348 e.